The SMILES string of the molecule is Cc1oc2c(c1C(=O)N[C@H]1C[C@H]3CO[C@@H](C(C)C)CN3C1)C(=O)CCC2. The summed E-state index contributed by atoms with van der Waals surface area (Å²) >= 11 is 0. The maximum Gasteiger partial charge on any atom is 0.255 e. The van der Waals surface area contributed by atoms with Crippen LogP contribution in [0.5, 0.6) is 0 Å². The second-order valence-corrected chi connectivity index (χ2v) is 8.24. The van der Waals surface area contributed by atoms with Crippen LogP contribution in [0.2, 0.25) is 0 Å². The van der Waals surface area contributed by atoms with Gasteiger partial charge in [0.15, 0.2) is 5.78 Å². The van der Waals surface area contributed by atoms with Crippen LogP contribution in [0.15, 0.2) is 4.42 Å². The van der Waals surface area contributed by atoms with Gasteiger partial charge in [0.25, 0.3) is 5.91 Å². The molecular formula is C20H28N2O4. The van der Waals surface area contributed by atoms with Crippen LogP contribution >= 0.6 is 0 Å². The highest BCUT2D eigenvalue weighted by molar-refractivity contribution is 6.10. The monoisotopic (exact) mass is 360 g/mol. The number of amides is 1. The fourth-order valence-corrected chi connectivity index (χ4v) is 4.55. The number of Topliss-reactive ketones (excluding diaryl/α,β-unsaturated/α-hetero) is 1. The predicted molar refractivity (Wildman–Crippen MR) is 96.5 cm³/mol. The lowest BCUT2D eigenvalue weighted by atomic mass is 9.93. The van der Waals surface area contributed by atoms with E-state index in [2.05, 4.69) is 24.1 Å². The molecule has 0 aromatic carbocycles. The molecule has 3 atom stereocenters. The standard InChI is InChI=1S/C20H28N2O4/c1-11(2)17-9-22-8-13(7-14(22)10-25-17)21-20(24)18-12(3)26-16-6-4-5-15(23)19(16)18/h11,13-14,17H,4-10H2,1-3H3,(H,21,24)/t13-,14-,17+/m0/s1. The Morgan fingerprint density at radius 3 is 2.85 bits per heavy atom. The zero-order valence-corrected chi connectivity index (χ0v) is 15.8. The van der Waals surface area contributed by atoms with Gasteiger partial charge in [-0.15, -0.1) is 0 Å². The zero-order chi connectivity index (χ0) is 18.4. The van der Waals surface area contributed by atoms with E-state index < -0.39 is 0 Å². The summed E-state index contributed by atoms with van der Waals surface area (Å²) in [6, 6.07) is 0.460. The maximum absolute atomic E-state index is 12.9. The van der Waals surface area contributed by atoms with Crippen LogP contribution < -0.4 is 5.32 Å². The number of nitrogens with zero attached hydrogens (tertiary/aromatic N) is 1. The molecule has 1 amide bonds. The summed E-state index contributed by atoms with van der Waals surface area (Å²) in [4.78, 5) is 27.6. The fraction of sp³-hybridized carbons (Fsp3) is 0.700. The van der Waals surface area contributed by atoms with Gasteiger partial charge in [-0.1, -0.05) is 13.8 Å². The van der Waals surface area contributed by atoms with Gasteiger partial charge in [-0.05, 0) is 25.7 Å². The fourth-order valence-electron chi connectivity index (χ4n) is 4.55. The molecule has 6 heteroatoms. The zero-order valence-electron chi connectivity index (χ0n) is 15.8. The highest BCUT2D eigenvalue weighted by atomic mass is 16.5. The first-order chi connectivity index (χ1) is 12.4. The number of fused-ring (bicyclic) bond motifs is 2. The average Bonchev–Trinajstić information content (AvgIpc) is 3.14. The van der Waals surface area contributed by atoms with E-state index in [0.29, 0.717) is 41.0 Å². The van der Waals surface area contributed by atoms with Crippen molar-refractivity contribution in [1.82, 2.24) is 10.2 Å². The molecule has 0 bridgehead atoms. The van der Waals surface area contributed by atoms with Crippen LogP contribution in [0, 0.1) is 12.8 Å². The number of furan rings is 1. The van der Waals surface area contributed by atoms with Crippen molar-refractivity contribution in [1.29, 1.82) is 0 Å². The summed E-state index contributed by atoms with van der Waals surface area (Å²) in [5.41, 5.74) is 0.969. The third-order valence-corrected chi connectivity index (χ3v) is 5.99. The Morgan fingerprint density at radius 1 is 1.27 bits per heavy atom. The van der Waals surface area contributed by atoms with Gasteiger partial charge in [-0.2, -0.15) is 0 Å². The molecule has 1 aromatic heterocycles. The number of hydrogen-bond acceptors (Lipinski definition) is 5. The van der Waals surface area contributed by atoms with Crippen molar-refractivity contribution in [3.8, 4) is 0 Å². The topological polar surface area (TPSA) is 71.8 Å². The molecule has 1 N–H and O–H groups in total. The van der Waals surface area contributed by atoms with Crippen LogP contribution in [-0.4, -0.2) is 54.5 Å². The van der Waals surface area contributed by atoms with Gasteiger partial charge in [0.05, 0.1) is 23.8 Å². The molecule has 0 radical (unpaired) electrons. The Labute approximate surface area is 154 Å². The molecule has 4 rings (SSSR count). The third kappa shape index (κ3) is 3.09. The number of carbonyl (C=O) groups is 2. The van der Waals surface area contributed by atoms with Gasteiger partial charge in [0.2, 0.25) is 0 Å². The van der Waals surface area contributed by atoms with Crippen LogP contribution in [0.25, 0.3) is 0 Å². The largest absolute Gasteiger partial charge is 0.465 e. The van der Waals surface area contributed by atoms with Gasteiger partial charge < -0.3 is 14.5 Å². The molecule has 26 heavy (non-hydrogen) atoms. The van der Waals surface area contributed by atoms with Crippen molar-refractivity contribution in [2.75, 3.05) is 19.7 Å². The van der Waals surface area contributed by atoms with Crippen molar-refractivity contribution in [2.24, 2.45) is 5.92 Å². The van der Waals surface area contributed by atoms with Crippen molar-refractivity contribution in [3.05, 3.63) is 22.6 Å². The predicted octanol–water partition coefficient (Wildman–Crippen LogP) is 2.33. The van der Waals surface area contributed by atoms with E-state index in [1.54, 1.807) is 6.92 Å². The number of ether oxygens (including phenoxy) is 1. The highest BCUT2D eigenvalue weighted by Gasteiger charge is 2.39. The number of carbonyl (C=O) groups excluding carboxylic acids is 2. The minimum absolute atomic E-state index is 0.0327. The number of ketones is 1. The molecule has 6 nitrogen and oxygen atoms in total. The van der Waals surface area contributed by atoms with Crippen molar-refractivity contribution in [2.45, 2.75) is 64.6 Å². The normalized spacial score (nSPS) is 28.9. The van der Waals surface area contributed by atoms with E-state index in [-0.39, 0.29) is 23.8 Å². The Morgan fingerprint density at radius 2 is 2.08 bits per heavy atom. The number of rotatable bonds is 3. The Hall–Kier alpha value is -1.66. The minimum atomic E-state index is -0.172. The van der Waals surface area contributed by atoms with Gasteiger partial charge in [0.1, 0.15) is 11.5 Å². The van der Waals surface area contributed by atoms with Gasteiger partial charge in [-0.3, -0.25) is 14.5 Å². The van der Waals surface area contributed by atoms with Crippen LogP contribution in [0.3, 0.4) is 0 Å². The van der Waals surface area contributed by atoms with Crippen LogP contribution in [0.1, 0.15) is 65.3 Å². The van der Waals surface area contributed by atoms with Crippen molar-refractivity contribution < 1.29 is 18.7 Å². The number of hydrogen-bond donors (Lipinski definition) is 1. The van der Waals surface area contributed by atoms with Crippen molar-refractivity contribution >= 4 is 11.7 Å². The molecule has 2 aliphatic heterocycles. The summed E-state index contributed by atoms with van der Waals surface area (Å²) in [7, 11) is 0. The lowest BCUT2D eigenvalue weighted by Crippen LogP contribution is -2.48. The van der Waals surface area contributed by atoms with E-state index in [0.717, 1.165) is 39.0 Å². The molecular weight excluding hydrogens is 332 g/mol. The molecule has 1 aliphatic carbocycles. The molecule has 0 saturated carbocycles. The molecule has 1 aromatic rings. The Balaban J connectivity index is 1.45. The molecule has 0 unspecified atom stereocenters. The molecule has 2 saturated heterocycles. The molecule has 0 spiro atoms. The van der Waals surface area contributed by atoms with E-state index in [1.807, 2.05) is 0 Å². The number of morpholine rings is 1. The smallest absolute Gasteiger partial charge is 0.255 e. The van der Waals surface area contributed by atoms with Gasteiger partial charge in [0, 0.05) is 38.0 Å². The molecule has 2 fully saturated rings. The second kappa shape index (κ2) is 6.82. The molecule has 3 aliphatic rings. The lowest BCUT2D eigenvalue weighted by Gasteiger charge is -2.36. The second-order valence-electron chi connectivity index (χ2n) is 8.24. The highest BCUT2D eigenvalue weighted by Crippen LogP contribution is 2.30. The third-order valence-electron chi connectivity index (χ3n) is 5.99. The van der Waals surface area contributed by atoms with E-state index in [9.17, 15) is 9.59 Å². The van der Waals surface area contributed by atoms with Crippen LogP contribution in [-0.2, 0) is 11.2 Å². The van der Waals surface area contributed by atoms with Gasteiger partial charge in [-0.25, -0.2) is 0 Å². The van der Waals surface area contributed by atoms with E-state index >= 15 is 0 Å². The minimum Gasteiger partial charge on any atom is -0.465 e. The quantitative estimate of drug-likeness (QED) is 0.896. The number of nitrogens with one attached hydrogen (secondary N) is 1. The summed E-state index contributed by atoms with van der Waals surface area (Å²) in [5.74, 6) is 1.59. The summed E-state index contributed by atoms with van der Waals surface area (Å²) < 4.78 is 11.7. The lowest BCUT2D eigenvalue weighted by molar-refractivity contribution is -0.0683. The first kappa shape index (κ1) is 17.7. The maximum atomic E-state index is 12.9. The average molecular weight is 360 g/mol. The van der Waals surface area contributed by atoms with E-state index in [4.69, 9.17) is 9.15 Å². The Kier molecular flexibility index (Phi) is 4.65. The molecule has 3 heterocycles. The van der Waals surface area contributed by atoms with Crippen molar-refractivity contribution in [3.63, 3.8) is 0 Å². The first-order valence-corrected chi connectivity index (χ1v) is 9.76. The first-order valence-electron chi connectivity index (χ1n) is 9.76. The molecule has 142 valence electrons. The Bertz CT molecular complexity index is 724. The summed E-state index contributed by atoms with van der Waals surface area (Å²) in [5, 5.41) is 3.14. The van der Waals surface area contributed by atoms with Crippen LogP contribution in [0.4, 0.5) is 0 Å². The number of aryl methyl sites for hydroxylation is 2. The summed E-state index contributed by atoms with van der Waals surface area (Å²) in [6.07, 6.45) is 3.20. The van der Waals surface area contributed by atoms with Gasteiger partial charge >= 0.3 is 0 Å². The summed E-state index contributed by atoms with van der Waals surface area (Å²) in [6.45, 7) is 8.64. The van der Waals surface area contributed by atoms with E-state index in [1.165, 1.54) is 0 Å².